The maximum atomic E-state index is 9.53. The van der Waals surface area contributed by atoms with Crippen LogP contribution in [-0.4, -0.2) is 26.7 Å². The Bertz CT molecular complexity index is 523. The van der Waals surface area contributed by atoms with Crippen LogP contribution in [0.25, 0.3) is 0 Å². The normalized spacial score (nSPS) is 10.3. The van der Waals surface area contributed by atoms with Crippen LogP contribution in [-0.2, 0) is 6.42 Å². The molecule has 0 saturated carbocycles. The number of hydrogen-bond donors (Lipinski definition) is 4. The van der Waals surface area contributed by atoms with Gasteiger partial charge in [-0.1, -0.05) is 30.3 Å². The SMILES string of the molecule is Nc1nc(O)c(NCCCc2ccccc2)c(O)n1. The van der Waals surface area contributed by atoms with Crippen molar-refractivity contribution in [2.45, 2.75) is 12.8 Å². The predicted octanol–water partition coefficient (Wildman–Crippen LogP) is 1.51. The number of anilines is 2. The molecule has 1 heterocycles. The Morgan fingerprint density at radius 3 is 2.32 bits per heavy atom. The number of rotatable bonds is 5. The Hall–Kier alpha value is -2.50. The van der Waals surface area contributed by atoms with Crippen molar-refractivity contribution in [2.24, 2.45) is 0 Å². The molecule has 0 atom stereocenters. The maximum Gasteiger partial charge on any atom is 0.243 e. The Balaban J connectivity index is 1.86. The highest BCUT2D eigenvalue weighted by atomic mass is 16.3. The summed E-state index contributed by atoms with van der Waals surface area (Å²) in [6, 6.07) is 10.1. The molecule has 0 aliphatic carbocycles. The first-order valence-electron chi connectivity index (χ1n) is 6.00. The zero-order chi connectivity index (χ0) is 13.7. The minimum Gasteiger partial charge on any atom is -0.492 e. The van der Waals surface area contributed by atoms with E-state index in [1.165, 1.54) is 5.56 Å². The predicted molar refractivity (Wildman–Crippen MR) is 73.0 cm³/mol. The molecule has 0 aliphatic rings. The lowest BCUT2D eigenvalue weighted by Crippen LogP contribution is -2.06. The van der Waals surface area contributed by atoms with Crippen molar-refractivity contribution < 1.29 is 10.2 Å². The quantitative estimate of drug-likeness (QED) is 0.607. The van der Waals surface area contributed by atoms with Crippen molar-refractivity contribution in [3.05, 3.63) is 35.9 Å². The number of nitrogens with two attached hydrogens (primary N) is 1. The van der Waals surface area contributed by atoms with Gasteiger partial charge in [-0.05, 0) is 18.4 Å². The van der Waals surface area contributed by atoms with E-state index in [0.29, 0.717) is 6.54 Å². The molecular formula is C13H16N4O2. The van der Waals surface area contributed by atoms with Gasteiger partial charge >= 0.3 is 0 Å². The minimum atomic E-state index is -0.343. The molecule has 0 radical (unpaired) electrons. The molecular weight excluding hydrogens is 244 g/mol. The van der Waals surface area contributed by atoms with Gasteiger partial charge in [0.15, 0.2) is 5.69 Å². The lowest BCUT2D eigenvalue weighted by molar-refractivity contribution is 0.427. The van der Waals surface area contributed by atoms with E-state index in [4.69, 9.17) is 5.73 Å². The number of hydrogen-bond acceptors (Lipinski definition) is 6. The van der Waals surface area contributed by atoms with E-state index in [9.17, 15) is 10.2 Å². The van der Waals surface area contributed by atoms with Crippen LogP contribution < -0.4 is 11.1 Å². The third-order valence-corrected chi connectivity index (χ3v) is 2.67. The molecule has 6 heteroatoms. The third-order valence-electron chi connectivity index (χ3n) is 2.67. The van der Waals surface area contributed by atoms with Crippen LogP contribution in [0.1, 0.15) is 12.0 Å². The van der Waals surface area contributed by atoms with Gasteiger partial charge in [0.05, 0.1) is 0 Å². The highest BCUT2D eigenvalue weighted by Crippen LogP contribution is 2.29. The Morgan fingerprint density at radius 2 is 1.68 bits per heavy atom. The fourth-order valence-electron chi connectivity index (χ4n) is 1.76. The van der Waals surface area contributed by atoms with Crippen LogP contribution in [0.15, 0.2) is 30.3 Å². The van der Waals surface area contributed by atoms with Crippen molar-refractivity contribution >= 4 is 11.6 Å². The number of benzene rings is 1. The van der Waals surface area contributed by atoms with Gasteiger partial charge in [-0.3, -0.25) is 0 Å². The second kappa shape index (κ2) is 5.90. The second-order valence-electron chi connectivity index (χ2n) is 4.12. The number of nitrogen functional groups attached to an aromatic ring is 1. The largest absolute Gasteiger partial charge is 0.492 e. The highest BCUT2D eigenvalue weighted by molar-refractivity contribution is 5.60. The summed E-state index contributed by atoms with van der Waals surface area (Å²) in [4.78, 5) is 7.14. The second-order valence-corrected chi connectivity index (χ2v) is 4.12. The molecule has 0 amide bonds. The van der Waals surface area contributed by atoms with Crippen molar-refractivity contribution in [3.8, 4) is 11.8 Å². The summed E-state index contributed by atoms with van der Waals surface area (Å²) >= 11 is 0. The summed E-state index contributed by atoms with van der Waals surface area (Å²) in [5, 5.41) is 22.0. The molecule has 0 aliphatic heterocycles. The molecule has 0 spiro atoms. The van der Waals surface area contributed by atoms with E-state index in [2.05, 4.69) is 27.4 Å². The van der Waals surface area contributed by atoms with Gasteiger partial charge in [0.2, 0.25) is 17.7 Å². The fourth-order valence-corrected chi connectivity index (χ4v) is 1.76. The van der Waals surface area contributed by atoms with Gasteiger partial charge < -0.3 is 21.3 Å². The average Bonchev–Trinajstić information content (AvgIpc) is 2.38. The van der Waals surface area contributed by atoms with Crippen molar-refractivity contribution in [3.63, 3.8) is 0 Å². The summed E-state index contributed by atoms with van der Waals surface area (Å²) in [5.74, 6) is -0.848. The molecule has 19 heavy (non-hydrogen) atoms. The van der Waals surface area contributed by atoms with Gasteiger partial charge in [-0.15, -0.1) is 0 Å². The van der Waals surface area contributed by atoms with Crippen LogP contribution in [0.2, 0.25) is 0 Å². The monoisotopic (exact) mass is 260 g/mol. The Kier molecular flexibility index (Phi) is 4.02. The summed E-state index contributed by atoms with van der Waals surface area (Å²) < 4.78 is 0. The molecule has 5 N–H and O–H groups in total. The van der Waals surface area contributed by atoms with Gasteiger partial charge in [-0.2, -0.15) is 9.97 Å². The van der Waals surface area contributed by atoms with Crippen molar-refractivity contribution in [1.29, 1.82) is 0 Å². The van der Waals surface area contributed by atoms with Crippen LogP contribution in [0.3, 0.4) is 0 Å². The first-order chi connectivity index (χ1) is 9.16. The highest BCUT2D eigenvalue weighted by Gasteiger charge is 2.11. The molecule has 100 valence electrons. The summed E-state index contributed by atoms with van der Waals surface area (Å²) in [6.45, 7) is 0.587. The van der Waals surface area contributed by atoms with E-state index in [0.717, 1.165) is 12.8 Å². The lowest BCUT2D eigenvalue weighted by Gasteiger charge is -2.09. The third kappa shape index (κ3) is 3.48. The van der Waals surface area contributed by atoms with Crippen LogP contribution in [0.5, 0.6) is 11.8 Å². The van der Waals surface area contributed by atoms with Crippen LogP contribution >= 0.6 is 0 Å². The molecule has 2 rings (SSSR count). The first kappa shape index (κ1) is 12.9. The molecule has 2 aromatic rings. The number of nitrogens with one attached hydrogen (secondary N) is 1. The minimum absolute atomic E-state index is 0.113. The number of nitrogens with zero attached hydrogens (tertiary/aromatic N) is 2. The number of aromatic hydroxyl groups is 2. The van der Waals surface area contributed by atoms with E-state index in [1.54, 1.807) is 0 Å². The van der Waals surface area contributed by atoms with Crippen LogP contribution in [0, 0.1) is 0 Å². The first-order valence-corrected chi connectivity index (χ1v) is 6.00. The van der Waals surface area contributed by atoms with Crippen molar-refractivity contribution in [1.82, 2.24) is 9.97 Å². The molecule has 0 fully saturated rings. The average molecular weight is 260 g/mol. The fraction of sp³-hybridized carbons (Fsp3) is 0.231. The Morgan fingerprint density at radius 1 is 1.05 bits per heavy atom. The van der Waals surface area contributed by atoms with E-state index >= 15 is 0 Å². The van der Waals surface area contributed by atoms with Crippen molar-refractivity contribution in [2.75, 3.05) is 17.6 Å². The maximum absolute atomic E-state index is 9.53. The summed E-state index contributed by atoms with van der Waals surface area (Å²) in [6.07, 6.45) is 1.76. The van der Waals surface area contributed by atoms with Gasteiger partial charge in [0.25, 0.3) is 0 Å². The van der Waals surface area contributed by atoms with Gasteiger partial charge in [0.1, 0.15) is 0 Å². The number of aryl methyl sites for hydroxylation is 1. The number of aromatic nitrogens is 2. The molecule has 0 saturated heterocycles. The zero-order valence-corrected chi connectivity index (χ0v) is 10.4. The van der Waals surface area contributed by atoms with Gasteiger partial charge in [0, 0.05) is 6.54 Å². The van der Waals surface area contributed by atoms with E-state index < -0.39 is 0 Å². The molecule has 0 bridgehead atoms. The standard InChI is InChI=1S/C13H16N4O2/c14-13-16-11(18)10(12(19)17-13)15-8-4-7-9-5-2-1-3-6-9/h1-3,5-6,15H,4,7-8H2,(H4,14,16,17,18,19). The molecule has 1 aromatic carbocycles. The topological polar surface area (TPSA) is 104 Å². The zero-order valence-electron chi connectivity index (χ0n) is 10.4. The van der Waals surface area contributed by atoms with Gasteiger partial charge in [-0.25, -0.2) is 0 Å². The summed E-state index contributed by atoms with van der Waals surface area (Å²) in [5.41, 5.74) is 6.64. The molecule has 1 aromatic heterocycles. The van der Waals surface area contributed by atoms with E-state index in [1.807, 2.05) is 18.2 Å². The molecule has 6 nitrogen and oxygen atoms in total. The van der Waals surface area contributed by atoms with Crippen LogP contribution in [0.4, 0.5) is 11.6 Å². The Labute approximate surface area is 111 Å². The molecule has 0 unspecified atom stereocenters. The summed E-state index contributed by atoms with van der Waals surface area (Å²) in [7, 11) is 0. The smallest absolute Gasteiger partial charge is 0.243 e. The lowest BCUT2D eigenvalue weighted by atomic mass is 10.1. The van der Waals surface area contributed by atoms with E-state index in [-0.39, 0.29) is 23.4 Å².